The van der Waals surface area contributed by atoms with Crippen molar-refractivity contribution in [3.8, 4) is 11.5 Å². The number of likely N-dealkylation sites (N-methyl/N-ethyl adjacent to an activating group) is 1. The lowest BCUT2D eigenvalue weighted by atomic mass is 9.99. The first-order valence-corrected chi connectivity index (χ1v) is 13.4. The Morgan fingerprint density at radius 2 is 1.94 bits per heavy atom. The number of sulfonamides is 1. The van der Waals surface area contributed by atoms with E-state index < -0.39 is 16.1 Å². The Bertz CT molecular complexity index is 1120. The third-order valence-electron chi connectivity index (χ3n) is 6.07. The fraction of sp³-hybridized carbons (Fsp3) is 0.480. The molecule has 0 bridgehead atoms. The first-order valence-electron chi connectivity index (χ1n) is 11.5. The standard InChI is InChI=1S/C25H35N3O6S/c1-17-13-28(18(2)16-29)25(30)22-12-20(26-35(5,31)32)8-11-23(22)34-24(17)15-27(3)14-19-6-9-21(33-4)10-7-19/h6-12,17-18,24,26,29H,13-16H2,1-5H3/t17-,18+,24+/m0/s1. The number of rotatable bonds is 9. The summed E-state index contributed by atoms with van der Waals surface area (Å²) in [4.78, 5) is 17.2. The van der Waals surface area contributed by atoms with E-state index in [9.17, 15) is 18.3 Å². The fourth-order valence-corrected chi connectivity index (χ4v) is 4.69. The molecule has 35 heavy (non-hydrogen) atoms. The van der Waals surface area contributed by atoms with E-state index in [0.29, 0.717) is 25.4 Å². The van der Waals surface area contributed by atoms with Gasteiger partial charge in [-0.1, -0.05) is 19.1 Å². The second-order valence-corrected chi connectivity index (χ2v) is 11.0. The van der Waals surface area contributed by atoms with Gasteiger partial charge < -0.3 is 19.5 Å². The quantitative estimate of drug-likeness (QED) is 0.539. The molecule has 3 rings (SSSR count). The molecule has 0 fully saturated rings. The van der Waals surface area contributed by atoms with Gasteiger partial charge in [0.2, 0.25) is 10.0 Å². The van der Waals surface area contributed by atoms with E-state index in [1.807, 2.05) is 38.2 Å². The van der Waals surface area contributed by atoms with Gasteiger partial charge in [0.05, 0.1) is 31.6 Å². The Morgan fingerprint density at radius 1 is 1.26 bits per heavy atom. The zero-order chi connectivity index (χ0) is 25.8. The summed E-state index contributed by atoms with van der Waals surface area (Å²) in [5.41, 5.74) is 1.67. The van der Waals surface area contributed by atoms with Crippen LogP contribution in [-0.2, 0) is 16.6 Å². The number of hydrogen-bond donors (Lipinski definition) is 2. The van der Waals surface area contributed by atoms with Crippen LogP contribution in [0, 0.1) is 5.92 Å². The Kier molecular flexibility index (Phi) is 8.63. The van der Waals surface area contributed by atoms with Crippen LogP contribution in [0.5, 0.6) is 11.5 Å². The second-order valence-electron chi connectivity index (χ2n) is 9.25. The van der Waals surface area contributed by atoms with Crippen molar-refractivity contribution < 1.29 is 27.8 Å². The summed E-state index contributed by atoms with van der Waals surface area (Å²) in [5.74, 6) is 0.861. The van der Waals surface area contributed by atoms with Gasteiger partial charge in [0.15, 0.2) is 0 Å². The van der Waals surface area contributed by atoms with Crippen molar-refractivity contribution in [3.05, 3.63) is 53.6 Å². The maximum atomic E-state index is 13.4. The van der Waals surface area contributed by atoms with Crippen molar-refractivity contribution in [2.75, 3.05) is 44.8 Å². The molecule has 2 N–H and O–H groups in total. The number of fused-ring (bicyclic) bond motifs is 1. The predicted octanol–water partition coefficient (Wildman–Crippen LogP) is 2.42. The van der Waals surface area contributed by atoms with Crippen LogP contribution in [0.15, 0.2) is 42.5 Å². The SMILES string of the molecule is COc1ccc(CN(C)C[C@H]2Oc3ccc(NS(C)(=O)=O)cc3C(=O)N([C@H](C)CO)C[C@@H]2C)cc1. The molecule has 0 unspecified atom stereocenters. The van der Waals surface area contributed by atoms with Crippen molar-refractivity contribution in [2.24, 2.45) is 5.92 Å². The van der Waals surface area contributed by atoms with E-state index in [1.165, 1.54) is 6.07 Å². The lowest BCUT2D eigenvalue weighted by Gasteiger charge is -2.38. The van der Waals surface area contributed by atoms with Crippen LogP contribution in [0.4, 0.5) is 5.69 Å². The average molecular weight is 506 g/mol. The number of hydrogen-bond acceptors (Lipinski definition) is 7. The monoisotopic (exact) mass is 505 g/mol. The third-order valence-corrected chi connectivity index (χ3v) is 6.68. The summed E-state index contributed by atoms with van der Waals surface area (Å²) < 4.78 is 37.4. The van der Waals surface area contributed by atoms with E-state index in [4.69, 9.17) is 9.47 Å². The van der Waals surface area contributed by atoms with Gasteiger partial charge in [0, 0.05) is 31.2 Å². The third kappa shape index (κ3) is 7.09. The van der Waals surface area contributed by atoms with Crippen LogP contribution >= 0.6 is 0 Å². The molecule has 0 aromatic heterocycles. The molecule has 0 saturated heterocycles. The molecule has 1 aliphatic rings. The molecule has 1 aliphatic heterocycles. The van der Waals surface area contributed by atoms with Crippen molar-refractivity contribution in [1.82, 2.24) is 9.80 Å². The smallest absolute Gasteiger partial charge is 0.258 e. The summed E-state index contributed by atoms with van der Waals surface area (Å²) in [6.07, 6.45) is 0.811. The molecular weight excluding hydrogens is 470 g/mol. The van der Waals surface area contributed by atoms with E-state index in [2.05, 4.69) is 9.62 Å². The van der Waals surface area contributed by atoms with Crippen LogP contribution in [-0.4, -0.2) is 81.5 Å². The highest BCUT2D eigenvalue weighted by atomic mass is 32.2. The largest absolute Gasteiger partial charge is 0.497 e. The Hall–Kier alpha value is -2.82. The van der Waals surface area contributed by atoms with Crippen LogP contribution < -0.4 is 14.2 Å². The number of carbonyl (C=O) groups is 1. The first kappa shape index (κ1) is 26.8. The number of aliphatic hydroxyl groups is 1. The van der Waals surface area contributed by atoms with Crippen LogP contribution in [0.3, 0.4) is 0 Å². The average Bonchev–Trinajstić information content (AvgIpc) is 2.80. The fourth-order valence-electron chi connectivity index (χ4n) is 4.13. The first-order chi connectivity index (χ1) is 16.5. The predicted molar refractivity (Wildman–Crippen MR) is 135 cm³/mol. The number of methoxy groups -OCH3 is 1. The van der Waals surface area contributed by atoms with Crippen LogP contribution in [0.25, 0.3) is 0 Å². The van der Waals surface area contributed by atoms with Crippen molar-refractivity contribution in [1.29, 1.82) is 0 Å². The Balaban J connectivity index is 1.88. The molecule has 3 atom stereocenters. The van der Waals surface area contributed by atoms with E-state index >= 15 is 0 Å². The Morgan fingerprint density at radius 3 is 2.54 bits per heavy atom. The van der Waals surface area contributed by atoms with Crippen LogP contribution in [0.1, 0.15) is 29.8 Å². The minimum atomic E-state index is -3.51. The maximum absolute atomic E-state index is 13.4. The summed E-state index contributed by atoms with van der Waals surface area (Å²) in [5, 5.41) is 9.79. The van der Waals surface area contributed by atoms with Gasteiger partial charge in [-0.25, -0.2) is 8.42 Å². The maximum Gasteiger partial charge on any atom is 0.258 e. The number of ether oxygens (including phenoxy) is 2. The molecule has 10 heteroatoms. The highest BCUT2D eigenvalue weighted by Gasteiger charge is 2.33. The van der Waals surface area contributed by atoms with Gasteiger partial charge in [0.1, 0.15) is 17.6 Å². The number of anilines is 1. The van der Waals surface area contributed by atoms with Gasteiger partial charge in [-0.05, 0) is 49.9 Å². The highest BCUT2D eigenvalue weighted by Crippen LogP contribution is 2.31. The molecule has 1 heterocycles. The normalized spacial score (nSPS) is 19.4. The van der Waals surface area contributed by atoms with Crippen molar-refractivity contribution in [2.45, 2.75) is 32.5 Å². The molecule has 2 aromatic rings. The summed E-state index contributed by atoms with van der Waals surface area (Å²) in [6, 6.07) is 12.2. The molecule has 2 aromatic carbocycles. The van der Waals surface area contributed by atoms with Gasteiger partial charge in [-0.2, -0.15) is 0 Å². The van der Waals surface area contributed by atoms with Crippen molar-refractivity contribution >= 4 is 21.6 Å². The summed E-state index contributed by atoms with van der Waals surface area (Å²) >= 11 is 0. The number of benzene rings is 2. The van der Waals surface area contributed by atoms with Crippen LogP contribution in [0.2, 0.25) is 0 Å². The van der Waals surface area contributed by atoms with Gasteiger partial charge in [-0.3, -0.25) is 14.4 Å². The number of amides is 1. The topological polar surface area (TPSA) is 108 Å². The molecular formula is C25H35N3O6S. The zero-order valence-electron chi connectivity index (χ0n) is 20.9. The lowest BCUT2D eigenvalue weighted by Crippen LogP contribution is -2.49. The number of nitrogens with zero attached hydrogens (tertiary/aromatic N) is 2. The highest BCUT2D eigenvalue weighted by molar-refractivity contribution is 7.92. The molecule has 0 saturated carbocycles. The molecule has 0 spiro atoms. The molecule has 9 nitrogen and oxygen atoms in total. The number of aliphatic hydroxyl groups excluding tert-OH is 1. The lowest BCUT2D eigenvalue weighted by molar-refractivity contribution is 0.0341. The Labute approximate surface area is 207 Å². The van der Waals surface area contributed by atoms with Gasteiger partial charge in [0.25, 0.3) is 5.91 Å². The van der Waals surface area contributed by atoms with Crippen molar-refractivity contribution in [3.63, 3.8) is 0 Å². The van der Waals surface area contributed by atoms with E-state index in [0.717, 1.165) is 17.6 Å². The minimum Gasteiger partial charge on any atom is -0.497 e. The number of carbonyl (C=O) groups excluding carboxylic acids is 1. The summed E-state index contributed by atoms with van der Waals surface area (Å²) in [6.45, 7) is 5.33. The number of nitrogens with one attached hydrogen (secondary N) is 1. The second kappa shape index (κ2) is 11.3. The van der Waals surface area contributed by atoms with E-state index in [1.54, 1.807) is 31.1 Å². The minimum absolute atomic E-state index is 0.0201. The molecule has 0 radical (unpaired) electrons. The van der Waals surface area contributed by atoms with E-state index in [-0.39, 0.29) is 35.8 Å². The molecule has 1 amide bonds. The summed E-state index contributed by atoms with van der Waals surface area (Å²) in [7, 11) is 0.137. The van der Waals surface area contributed by atoms with Gasteiger partial charge in [-0.15, -0.1) is 0 Å². The molecule has 192 valence electrons. The zero-order valence-corrected chi connectivity index (χ0v) is 21.7. The van der Waals surface area contributed by atoms with Gasteiger partial charge >= 0.3 is 0 Å². The molecule has 0 aliphatic carbocycles.